The summed E-state index contributed by atoms with van der Waals surface area (Å²) in [6.45, 7) is 1.96. The van der Waals surface area contributed by atoms with Gasteiger partial charge in [-0.15, -0.1) is 0 Å². The van der Waals surface area contributed by atoms with Crippen LogP contribution in [0.25, 0.3) is 0 Å². The Kier molecular flexibility index (Phi) is 4.80. The maximum absolute atomic E-state index is 13.3. The first-order valence-corrected chi connectivity index (χ1v) is 9.07. The number of carbonyl (C=O) groups is 2. The predicted octanol–water partition coefficient (Wildman–Crippen LogP) is 4.20. The van der Waals surface area contributed by atoms with Crippen LogP contribution in [-0.2, 0) is 6.42 Å². The molecule has 1 unspecified atom stereocenters. The van der Waals surface area contributed by atoms with Crippen molar-refractivity contribution >= 4 is 23.2 Å². The van der Waals surface area contributed by atoms with E-state index in [4.69, 9.17) is 0 Å². The van der Waals surface area contributed by atoms with Gasteiger partial charge < -0.3 is 10.2 Å². The number of carbonyl (C=O) groups excluding carboxylic acids is 2. The van der Waals surface area contributed by atoms with Crippen molar-refractivity contribution in [2.24, 2.45) is 0 Å². The molecular formula is C22H17F2N3O2. The molecule has 146 valence electrons. The second-order valence-corrected chi connectivity index (χ2v) is 6.90. The van der Waals surface area contributed by atoms with Crippen LogP contribution in [0.2, 0.25) is 0 Å². The molecule has 2 heterocycles. The van der Waals surface area contributed by atoms with Crippen molar-refractivity contribution in [1.82, 2.24) is 4.98 Å². The molecule has 29 heavy (non-hydrogen) atoms. The van der Waals surface area contributed by atoms with E-state index in [-0.39, 0.29) is 28.8 Å². The highest BCUT2D eigenvalue weighted by Crippen LogP contribution is 2.33. The number of aromatic nitrogens is 1. The molecule has 4 rings (SSSR count). The lowest BCUT2D eigenvalue weighted by molar-refractivity contribution is 0.0981. The summed E-state index contributed by atoms with van der Waals surface area (Å²) in [7, 11) is 0. The zero-order chi connectivity index (χ0) is 20.5. The standard InChI is InChI=1S/C22H17F2N3O2/c1-13-8-14-4-2-3-5-20(14)27(13)22(29)16-9-15(11-25-12-16)21(28)26-17-6-7-18(23)19(24)10-17/h2-7,9-13H,8H2,1H3,(H,26,28). The molecule has 1 N–H and O–H groups in total. The van der Waals surface area contributed by atoms with Gasteiger partial charge in [0.1, 0.15) is 0 Å². The molecule has 0 saturated carbocycles. The highest BCUT2D eigenvalue weighted by Gasteiger charge is 2.31. The summed E-state index contributed by atoms with van der Waals surface area (Å²) in [4.78, 5) is 31.3. The zero-order valence-corrected chi connectivity index (χ0v) is 15.5. The number of para-hydroxylation sites is 1. The topological polar surface area (TPSA) is 62.3 Å². The fraction of sp³-hybridized carbons (Fsp3) is 0.136. The van der Waals surface area contributed by atoms with Crippen molar-refractivity contribution in [1.29, 1.82) is 0 Å². The van der Waals surface area contributed by atoms with Gasteiger partial charge in [0.05, 0.1) is 11.1 Å². The monoisotopic (exact) mass is 393 g/mol. The quantitative estimate of drug-likeness (QED) is 0.725. The number of benzene rings is 2. The Hall–Kier alpha value is -3.61. The van der Waals surface area contributed by atoms with Crippen molar-refractivity contribution < 1.29 is 18.4 Å². The highest BCUT2D eigenvalue weighted by atomic mass is 19.2. The number of hydrogen-bond acceptors (Lipinski definition) is 3. The van der Waals surface area contributed by atoms with E-state index in [1.165, 1.54) is 24.5 Å². The first-order chi connectivity index (χ1) is 13.9. The van der Waals surface area contributed by atoms with Crippen molar-refractivity contribution in [2.45, 2.75) is 19.4 Å². The molecule has 0 bridgehead atoms. The number of nitrogens with one attached hydrogen (secondary N) is 1. The molecule has 5 nitrogen and oxygen atoms in total. The average molecular weight is 393 g/mol. The Morgan fingerprint density at radius 3 is 2.59 bits per heavy atom. The van der Waals surface area contributed by atoms with Crippen LogP contribution in [0, 0.1) is 11.6 Å². The van der Waals surface area contributed by atoms with Crippen LogP contribution in [0.15, 0.2) is 60.9 Å². The van der Waals surface area contributed by atoms with Gasteiger partial charge in [-0.3, -0.25) is 14.6 Å². The summed E-state index contributed by atoms with van der Waals surface area (Å²) >= 11 is 0. The van der Waals surface area contributed by atoms with Gasteiger partial charge in [-0.1, -0.05) is 18.2 Å². The summed E-state index contributed by atoms with van der Waals surface area (Å²) in [6, 6.07) is 12.2. The van der Waals surface area contributed by atoms with Gasteiger partial charge in [-0.25, -0.2) is 8.78 Å². The van der Waals surface area contributed by atoms with Gasteiger partial charge in [0.25, 0.3) is 11.8 Å². The average Bonchev–Trinajstić information content (AvgIpc) is 3.06. The summed E-state index contributed by atoms with van der Waals surface area (Å²) in [5, 5.41) is 2.48. The van der Waals surface area contributed by atoms with Crippen LogP contribution >= 0.6 is 0 Å². The van der Waals surface area contributed by atoms with E-state index in [2.05, 4.69) is 10.3 Å². The molecule has 1 atom stereocenters. The Morgan fingerprint density at radius 1 is 1.03 bits per heavy atom. The zero-order valence-electron chi connectivity index (χ0n) is 15.5. The largest absolute Gasteiger partial charge is 0.322 e. The molecule has 1 aliphatic heterocycles. The lowest BCUT2D eigenvalue weighted by atomic mass is 10.1. The molecule has 0 radical (unpaired) electrons. The maximum atomic E-state index is 13.3. The Morgan fingerprint density at radius 2 is 1.79 bits per heavy atom. The van der Waals surface area contributed by atoms with E-state index < -0.39 is 17.5 Å². The van der Waals surface area contributed by atoms with Gasteiger partial charge in [0.2, 0.25) is 0 Å². The number of nitrogens with zero attached hydrogens (tertiary/aromatic N) is 2. The fourth-order valence-corrected chi connectivity index (χ4v) is 3.47. The smallest absolute Gasteiger partial charge is 0.260 e. The lowest BCUT2D eigenvalue weighted by Crippen LogP contribution is -2.35. The highest BCUT2D eigenvalue weighted by molar-refractivity contribution is 6.10. The molecule has 0 spiro atoms. The molecule has 2 amide bonds. The third-order valence-corrected chi connectivity index (χ3v) is 4.85. The normalized spacial score (nSPS) is 15.1. The molecule has 3 aromatic rings. The van der Waals surface area contributed by atoms with Gasteiger partial charge in [-0.2, -0.15) is 0 Å². The van der Waals surface area contributed by atoms with Gasteiger partial charge in [0.15, 0.2) is 11.6 Å². The molecule has 1 aromatic heterocycles. The van der Waals surface area contributed by atoms with Crippen molar-refractivity contribution in [3.63, 3.8) is 0 Å². The second kappa shape index (κ2) is 7.43. The summed E-state index contributed by atoms with van der Waals surface area (Å²) < 4.78 is 26.4. The first-order valence-electron chi connectivity index (χ1n) is 9.07. The van der Waals surface area contributed by atoms with Crippen LogP contribution in [-0.4, -0.2) is 22.8 Å². The van der Waals surface area contributed by atoms with Gasteiger partial charge in [0, 0.05) is 35.9 Å². The summed E-state index contributed by atoms with van der Waals surface area (Å²) in [5.74, 6) is -2.89. The SMILES string of the molecule is CC1Cc2ccccc2N1C(=O)c1cncc(C(=O)Nc2ccc(F)c(F)c2)c1. The molecular weight excluding hydrogens is 376 g/mol. The predicted molar refractivity (Wildman–Crippen MR) is 105 cm³/mol. The molecule has 2 aromatic carbocycles. The maximum Gasteiger partial charge on any atom is 0.260 e. The number of hydrogen-bond donors (Lipinski definition) is 1. The van der Waals surface area contributed by atoms with Crippen molar-refractivity contribution in [3.8, 4) is 0 Å². The fourth-order valence-electron chi connectivity index (χ4n) is 3.47. The van der Waals surface area contributed by atoms with E-state index in [1.54, 1.807) is 4.90 Å². The van der Waals surface area contributed by atoms with Gasteiger partial charge in [-0.05, 0) is 43.2 Å². The third-order valence-electron chi connectivity index (χ3n) is 4.85. The Balaban J connectivity index is 1.58. The van der Waals surface area contributed by atoms with Crippen LogP contribution in [0.4, 0.5) is 20.2 Å². The van der Waals surface area contributed by atoms with Gasteiger partial charge >= 0.3 is 0 Å². The third kappa shape index (κ3) is 3.59. The number of fused-ring (bicyclic) bond motifs is 1. The van der Waals surface area contributed by atoms with Crippen molar-refractivity contribution in [3.05, 3.63) is 89.2 Å². The van der Waals surface area contributed by atoms with E-state index in [1.807, 2.05) is 31.2 Å². The van der Waals surface area contributed by atoms with Crippen molar-refractivity contribution in [2.75, 3.05) is 10.2 Å². The van der Waals surface area contributed by atoms with E-state index in [9.17, 15) is 18.4 Å². The Labute approximate surface area is 166 Å². The van der Waals surface area contributed by atoms with E-state index >= 15 is 0 Å². The molecule has 0 saturated heterocycles. The van der Waals surface area contributed by atoms with Crippen LogP contribution in [0.1, 0.15) is 33.2 Å². The number of halogens is 2. The number of amides is 2. The molecule has 0 aliphatic carbocycles. The Bertz CT molecular complexity index is 1120. The van der Waals surface area contributed by atoms with Crippen LogP contribution in [0.5, 0.6) is 0 Å². The van der Waals surface area contributed by atoms with E-state index in [0.29, 0.717) is 0 Å². The minimum absolute atomic E-state index is 0.0143. The lowest BCUT2D eigenvalue weighted by Gasteiger charge is -2.22. The minimum Gasteiger partial charge on any atom is -0.322 e. The molecule has 7 heteroatoms. The number of pyridine rings is 1. The minimum atomic E-state index is -1.06. The second-order valence-electron chi connectivity index (χ2n) is 6.90. The summed E-state index contributed by atoms with van der Waals surface area (Å²) in [5.41, 5.74) is 2.45. The number of anilines is 2. The molecule has 0 fully saturated rings. The molecule has 1 aliphatic rings. The number of rotatable bonds is 3. The first kappa shape index (κ1) is 18.7. The van der Waals surface area contributed by atoms with Crippen LogP contribution in [0.3, 0.4) is 0 Å². The van der Waals surface area contributed by atoms with E-state index in [0.717, 1.165) is 29.8 Å². The van der Waals surface area contributed by atoms with Crippen LogP contribution < -0.4 is 10.2 Å². The summed E-state index contributed by atoms with van der Waals surface area (Å²) in [6.07, 6.45) is 3.48.